The minimum Gasteiger partial charge on any atom is -0.340 e. The maximum Gasteiger partial charge on any atom is 0.0623 e. The highest BCUT2D eigenvalue weighted by Crippen LogP contribution is 2.50. The van der Waals surface area contributed by atoms with E-state index in [0.29, 0.717) is 29.7 Å². The van der Waals surface area contributed by atoms with Gasteiger partial charge in [-0.15, -0.1) is 0 Å². The van der Waals surface area contributed by atoms with E-state index in [1.165, 1.54) is 11.3 Å². The quantitative estimate of drug-likeness (QED) is 0.428. The van der Waals surface area contributed by atoms with Gasteiger partial charge in [-0.2, -0.15) is 0 Å². The van der Waals surface area contributed by atoms with Gasteiger partial charge in [-0.3, -0.25) is 0 Å². The highest BCUT2D eigenvalue weighted by atomic mass is 15.2. The van der Waals surface area contributed by atoms with Crippen molar-refractivity contribution in [3.05, 3.63) is 144 Å². The fourth-order valence-corrected chi connectivity index (χ4v) is 6.42. The molecule has 4 aliphatic carbocycles. The molecule has 2 heterocycles. The van der Waals surface area contributed by atoms with Crippen molar-refractivity contribution in [2.75, 3.05) is 0 Å². The minimum absolute atomic E-state index is 0.333. The number of rotatable bonds is 4. The van der Waals surface area contributed by atoms with Crippen molar-refractivity contribution < 1.29 is 0 Å². The second-order valence-electron chi connectivity index (χ2n) is 9.90. The van der Waals surface area contributed by atoms with E-state index < -0.39 is 0 Å². The van der Waals surface area contributed by atoms with E-state index in [1.54, 1.807) is 11.1 Å². The molecule has 0 spiro atoms. The van der Waals surface area contributed by atoms with Crippen LogP contribution in [0.15, 0.2) is 144 Å². The second-order valence-corrected chi connectivity index (χ2v) is 9.90. The lowest BCUT2D eigenvalue weighted by molar-refractivity contribution is 0.284. The molecule has 5 unspecified atom stereocenters. The van der Waals surface area contributed by atoms with Crippen molar-refractivity contribution in [3.8, 4) is 0 Å². The topological polar surface area (TPSA) is 3.24 Å². The Morgan fingerprint density at radius 1 is 0.529 bits per heavy atom. The van der Waals surface area contributed by atoms with Gasteiger partial charge >= 0.3 is 0 Å². The molecule has 170 valence electrons. The number of hydrogen-bond donors (Lipinski definition) is 0. The molecule has 0 saturated heterocycles. The van der Waals surface area contributed by atoms with Gasteiger partial charge in [-0.25, -0.2) is 0 Å². The average Bonchev–Trinajstić information content (AvgIpc) is 2.93. The van der Waals surface area contributed by atoms with Gasteiger partial charge in [-0.05, 0) is 54.6 Å². The summed E-state index contributed by atoms with van der Waals surface area (Å²) in [5.74, 6) is 1.73. The Bertz CT molecular complexity index is 1180. The first-order valence-electron chi connectivity index (χ1n) is 12.9. The molecule has 0 saturated carbocycles. The predicted octanol–water partition coefficient (Wildman–Crippen LogP) is 7.83. The SMILES string of the molecule is C1=CCC(C2=C(C3C=CC=CC3)C(C3C=CC=CC3)N3C=CC=CC3=C2C2C=CC=CC2)C=C1. The molecule has 0 bridgehead atoms. The maximum absolute atomic E-state index is 2.61. The molecule has 5 atom stereocenters. The van der Waals surface area contributed by atoms with Gasteiger partial charge in [0.05, 0.1) is 6.04 Å². The van der Waals surface area contributed by atoms with Crippen LogP contribution >= 0.6 is 0 Å². The average molecular weight is 444 g/mol. The maximum atomic E-state index is 2.61. The third-order valence-corrected chi connectivity index (χ3v) is 7.89. The van der Waals surface area contributed by atoms with Gasteiger partial charge in [-0.1, -0.05) is 103 Å². The van der Waals surface area contributed by atoms with Crippen LogP contribution in [0.2, 0.25) is 0 Å². The summed E-state index contributed by atoms with van der Waals surface area (Å²) in [5.41, 5.74) is 6.18. The Morgan fingerprint density at radius 3 is 1.71 bits per heavy atom. The number of allylic oxidation sites excluding steroid dienone is 20. The molecular weight excluding hydrogens is 410 g/mol. The summed E-state index contributed by atoms with van der Waals surface area (Å²) in [5, 5.41) is 0. The van der Waals surface area contributed by atoms with Crippen LogP contribution in [0.1, 0.15) is 25.7 Å². The monoisotopic (exact) mass is 443 g/mol. The third-order valence-electron chi connectivity index (χ3n) is 7.89. The normalized spacial score (nSPS) is 33.4. The predicted molar refractivity (Wildman–Crippen MR) is 144 cm³/mol. The van der Waals surface area contributed by atoms with E-state index in [-0.39, 0.29) is 0 Å². The Balaban J connectivity index is 1.60. The first kappa shape index (κ1) is 21.2. The zero-order valence-electron chi connectivity index (χ0n) is 19.7. The van der Waals surface area contributed by atoms with Crippen LogP contribution in [-0.4, -0.2) is 10.9 Å². The van der Waals surface area contributed by atoms with Crippen molar-refractivity contribution in [2.24, 2.45) is 23.7 Å². The molecular formula is C33H33N. The van der Waals surface area contributed by atoms with Crippen molar-refractivity contribution in [2.45, 2.75) is 31.7 Å². The van der Waals surface area contributed by atoms with Crippen LogP contribution in [0.25, 0.3) is 0 Å². The standard InChI is InChI=1S/C33H33N/c1-5-15-25(16-6-1)30-29-23-13-14-24-34(29)33(28-21-11-4-12-22-28)32(27-19-9-3-10-20-27)31(30)26-17-7-2-8-18-26/h1-15,17,19,21,23-28,33H,16,18,20,22H2. The number of nitrogens with zero attached hydrogens (tertiary/aromatic N) is 1. The fourth-order valence-electron chi connectivity index (χ4n) is 6.42. The molecule has 34 heavy (non-hydrogen) atoms. The van der Waals surface area contributed by atoms with Crippen LogP contribution in [0.3, 0.4) is 0 Å². The van der Waals surface area contributed by atoms with Gasteiger partial charge < -0.3 is 4.90 Å². The lowest BCUT2D eigenvalue weighted by Gasteiger charge is -2.48. The molecule has 0 fully saturated rings. The van der Waals surface area contributed by atoms with E-state index in [2.05, 4.69) is 127 Å². The van der Waals surface area contributed by atoms with E-state index >= 15 is 0 Å². The Kier molecular flexibility index (Phi) is 5.93. The van der Waals surface area contributed by atoms with Crippen LogP contribution in [0, 0.1) is 23.7 Å². The van der Waals surface area contributed by atoms with Crippen molar-refractivity contribution >= 4 is 0 Å². The third kappa shape index (κ3) is 3.84. The van der Waals surface area contributed by atoms with Gasteiger partial charge in [0, 0.05) is 35.6 Å². The largest absolute Gasteiger partial charge is 0.340 e. The molecule has 0 radical (unpaired) electrons. The molecule has 0 aromatic carbocycles. The lowest BCUT2D eigenvalue weighted by atomic mass is 9.67. The summed E-state index contributed by atoms with van der Waals surface area (Å²) in [6.07, 6.45) is 50.5. The van der Waals surface area contributed by atoms with Gasteiger partial charge in [0.1, 0.15) is 0 Å². The summed E-state index contributed by atoms with van der Waals surface area (Å²) in [6.45, 7) is 0. The van der Waals surface area contributed by atoms with E-state index in [0.717, 1.165) is 25.7 Å². The summed E-state index contributed by atoms with van der Waals surface area (Å²) in [6, 6.07) is 0.333. The molecule has 0 aromatic heterocycles. The summed E-state index contributed by atoms with van der Waals surface area (Å²) in [4.78, 5) is 2.61. The summed E-state index contributed by atoms with van der Waals surface area (Å²) < 4.78 is 0. The first-order valence-corrected chi connectivity index (χ1v) is 12.9. The molecule has 1 nitrogen and oxygen atoms in total. The zero-order valence-corrected chi connectivity index (χ0v) is 19.7. The zero-order chi connectivity index (χ0) is 22.7. The minimum atomic E-state index is 0.333. The molecule has 6 rings (SSSR count). The van der Waals surface area contributed by atoms with Crippen LogP contribution in [0.4, 0.5) is 0 Å². The van der Waals surface area contributed by atoms with Gasteiger partial charge in [0.2, 0.25) is 0 Å². The summed E-state index contributed by atoms with van der Waals surface area (Å²) in [7, 11) is 0. The van der Waals surface area contributed by atoms with Crippen molar-refractivity contribution in [1.82, 2.24) is 4.90 Å². The first-order chi connectivity index (χ1) is 16.9. The van der Waals surface area contributed by atoms with E-state index in [1.807, 2.05) is 0 Å². The van der Waals surface area contributed by atoms with Crippen LogP contribution in [-0.2, 0) is 0 Å². The Morgan fingerprint density at radius 2 is 1.12 bits per heavy atom. The molecule has 0 aromatic rings. The molecule has 0 amide bonds. The van der Waals surface area contributed by atoms with Crippen LogP contribution in [0.5, 0.6) is 0 Å². The van der Waals surface area contributed by atoms with Crippen molar-refractivity contribution in [1.29, 1.82) is 0 Å². The van der Waals surface area contributed by atoms with Gasteiger partial charge in [0.15, 0.2) is 0 Å². The Labute approximate surface area is 204 Å². The Hall–Kier alpha value is -3.32. The summed E-state index contributed by atoms with van der Waals surface area (Å²) >= 11 is 0. The highest BCUT2D eigenvalue weighted by molar-refractivity contribution is 5.57. The lowest BCUT2D eigenvalue weighted by Crippen LogP contribution is -2.45. The molecule has 2 aliphatic heterocycles. The van der Waals surface area contributed by atoms with Gasteiger partial charge in [0.25, 0.3) is 0 Å². The number of fused-ring (bicyclic) bond motifs is 1. The van der Waals surface area contributed by atoms with Crippen molar-refractivity contribution in [3.63, 3.8) is 0 Å². The smallest absolute Gasteiger partial charge is 0.0623 e. The molecule has 1 heteroatoms. The highest BCUT2D eigenvalue weighted by Gasteiger charge is 2.42. The second kappa shape index (κ2) is 9.50. The molecule has 6 aliphatic rings. The molecule has 0 N–H and O–H groups in total. The van der Waals surface area contributed by atoms with Crippen LogP contribution < -0.4 is 0 Å². The van der Waals surface area contributed by atoms with E-state index in [9.17, 15) is 0 Å². The number of hydrogen-bond acceptors (Lipinski definition) is 1. The van der Waals surface area contributed by atoms with E-state index in [4.69, 9.17) is 0 Å². The fraction of sp³-hybridized carbons (Fsp3) is 0.273.